The largest absolute Gasteiger partial charge is 0.488 e. The van der Waals surface area contributed by atoms with Crippen molar-refractivity contribution in [3.05, 3.63) is 99.9 Å². The summed E-state index contributed by atoms with van der Waals surface area (Å²) in [4.78, 5) is 13.0. The molecule has 0 amide bonds. The summed E-state index contributed by atoms with van der Waals surface area (Å²) in [6.07, 6.45) is 3.85. The lowest BCUT2D eigenvalue weighted by Crippen LogP contribution is -2.00. The molecular formula is C28H25NO3. The summed E-state index contributed by atoms with van der Waals surface area (Å²) in [7, 11) is 2.00. The maximum absolute atomic E-state index is 13.0. The van der Waals surface area contributed by atoms with Gasteiger partial charge in [-0.3, -0.25) is 4.79 Å². The molecule has 3 aromatic carbocycles. The number of benzene rings is 3. The Morgan fingerprint density at radius 2 is 1.84 bits per heavy atom. The minimum absolute atomic E-state index is 0.0999. The van der Waals surface area contributed by atoms with E-state index in [9.17, 15) is 4.79 Å². The summed E-state index contributed by atoms with van der Waals surface area (Å²) < 4.78 is 14.2. The van der Waals surface area contributed by atoms with Gasteiger partial charge in [0.05, 0.1) is 5.56 Å². The molecule has 4 heteroatoms. The molecule has 0 saturated heterocycles. The number of allylic oxidation sites excluding steroid dienone is 1. The number of carbonyl (C=O) groups excluding carboxylic acids is 1. The van der Waals surface area contributed by atoms with Gasteiger partial charge in [-0.2, -0.15) is 0 Å². The van der Waals surface area contributed by atoms with Crippen molar-refractivity contribution in [1.29, 1.82) is 0 Å². The molecule has 0 unspecified atom stereocenters. The van der Waals surface area contributed by atoms with Gasteiger partial charge in [-0.25, -0.2) is 0 Å². The minimum Gasteiger partial charge on any atom is -0.488 e. The number of ketones is 1. The van der Waals surface area contributed by atoms with Gasteiger partial charge in [0.2, 0.25) is 5.78 Å². The second-order valence-corrected chi connectivity index (χ2v) is 8.44. The van der Waals surface area contributed by atoms with Gasteiger partial charge in [-0.05, 0) is 56.2 Å². The number of ether oxygens (including phenoxy) is 2. The van der Waals surface area contributed by atoms with E-state index in [0.29, 0.717) is 23.7 Å². The number of para-hydroxylation sites is 1. The Hall–Kier alpha value is -3.79. The number of rotatable bonds is 4. The van der Waals surface area contributed by atoms with Crippen molar-refractivity contribution < 1.29 is 14.3 Å². The monoisotopic (exact) mass is 423 g/mol. The van der Waals surface area contributed by atoms with Crippen LogP contribution >= 0.6 is 0 Å². The van der Waals surface area contributed by atoms with Gasteiger partial charge in [-0.1, -0.05) is 42.0 Å². The predicted molar refractivity (Wildman–Crippen MR) is 127 cm³/mol. The van der Waals surface area contributed by atoms with Crippen LogP contribution in [0.1, 0.15) is 38.2 Å². The van der Waals surface area contributed by atoms with Gasteiger partial charge in [0, 0.05) is 35.3 Å². The molecule has 0 bridgehead atoms. The Bertz CT molecular complexity index is 1410. The molecule has 1 aliphatic heterocycles. The Morgan fingerprint density at radius 1 is 1.03 bits per heavy atom. The maximum atomic E-state index is 13.0. The zero-order valence-electron chi connectivity index (χ0n) is 18.7. The second-order valence-electron chi connectivity index (χ2n) is 8.44. The number of hydrogen-bond acceptors (Lipinski definition) is 3. The van der Waals surface area contributed by atoms with Crippen molar-refractivity contribution in [2.45, 2.75) is 27.4 Å². The summed E-state index contributed by atoms with van der Waals surface area (Å²) in [6, 6.07) is 18.1. The van der Waals surface area contributed by atoms with Crippen molar-refractivity contribution in [3.63, 3.8) is 0 Å². The van der Waals surface area contributed by atoms with E-state index in [1.165, 1.54) is 11.1 Å². The highest BCUT2D eigenvalue weighted by molar-refractivity contribution is 6.15. The van der Waals surface area contributed by atoms with Crippen LogP contribution in [0, 0.1) is 20.8 Å². The Morgan fingerprint density at radius 3 is 2.69 bits per heavy atom. The smallest absolute Gasteiger partial charge is 0.231 e. The Kier molecular flexibility index (Phi) is 4.86. The number of aromatic nitrogens is 1. The van der Waals surface area contributed by atoms with E-state index in [1.807, 2.05) is 44.4 Å². The van der Waals surface area contributed by atoms with Gasteiger partial charge in [0.15, 0.2) is 5.76 Å². The number of hydrogen-bond donors (Lipinski definition) is 0. The lowest BCUT2D eigenvalue weighted by atomic mass is 10.0. The van der Waals surface area contributed by atoms with Gasteiger partial charge in [0.25, 0.3) is 0 Å². The van der Waals surface area contributed by atoms with E-state index in [-0.39, 0.29) is 5.78 Å². The zero-order valence-corrected chi connectivity index (χ0v) is 18.7. The van der Waals surface area contributed by atoms with Crippen LogP contribution in [0.5, 0.6) is 11.5 Å². The third kappa shape index (κ3) is 3.38. The number of aryl methyl sites for hydroxylation is 3. The fourth-order valence-electron chi connectivity index (χ4n) is 4.26. The fourth-order valence-corrected chi connectivity index (χ4v) is 4.26. The highest BCUT2D eigenvalue weighted by atomic mass is 16.5. The molecular weight excluding hydrogens is 398 g/mol. The standard InChI is InChI=1S/C28H25NO3/c1-17-9-10-18(2)21(13-17)16-31-25-12-11-23-27(30)26(32-28(23)19(25)3)14-20-15-29(4)24-8-6-5-7-22(20)24/h5-15H,16H2,1-4H3. The lowest BCUT2D eigenvalue weighted by molar-refractivity contribution is 0.101. The van der Waals surface area contributed by atoms with Crippen molar-refractivity contribution in [1.82, 2.24) is 4.57 Å². The molecule has 5 rings (SSSR count). The van der Waals surface area contributed by atoms with Crippen molar-refractivity contribution in [2.24, 2.45) is 7.05 Å². The van der Waals surface area contributed by atoms with Crippen molar-refractivity contribution in [2.75, 3.05) is 0 Å². The highest BCUT2D eigenvalue weighted by Crippen LogP contribution is 2.40. The highest BCUT2D eigenvalue weighted by Gasteiger charge is 2.30. The van der Waals surface area contributed by atoms with E-state index in [2.05, 4.69) is 48.7 Å². The van der Waals surface area contributed by atoms with Crippen LogP contribution in [0.25, 0.3) is 17.0 Å². The molecule has 32 heavy (non-hydrogen) atoms. The fraction of sp³-hybridized carbons (Fsp3) is 0.179. The molecule has 0 radical (unpaired) electrons. The van der Waals surface area contributed by atoms with Gasteiger partial charge in [-0.15, -0.1) is 0 Å². The molecule has 4 aromatic rings. The van der Waals surface area contributed by atoms with Crippen LogP contribution in [-0.2, 0) is 13.7 Å². The summed E-state index contributed by atoms with van der Waals surface area (Å²) >= 11 is 0. The molecule has 1 aliphatic rings. The number of Topliss-reactive ketones (excluding diaryl/α,β-unsaturated/α-hetero) is 1. The first-order valence-corrected chi connectivity index (χ1v) is 10.7. The van der Waals surface area contributed by atoms with Crippen LogP contribution in [0.2, 0.25) is 0 Å². The van der Waals surface area contributed by atoms with Crippen molar-refractivity contribution in [3.8, 4) is 11.5 Å². The second kappa shape index (κ2) is 7.72. The number of fused-ring (bicyclic) bond motifs is 2. The molecule has 0 saturated carbocycles. The summed E-state index contributed by atoms with van der Waals surface area (Å²) in [5, 5.41) is 1.09. The molecule has 160 valence electrons. The summed E-state index contributed by atoms with van der Waals surface area (Å²) in [5.41, 5.74) is 7.04. The molecule has 0 atom stereocenters. The molecule has 0 aliphatic carbocycles. The third-order valence-corrected chi connectivity index (χ3v) is 6.14. The van der Waals surface area contributed by atoms with E-state index in [0.717, 1.165) is 33.3 Å². The molecule has 4 nitrogen and oxygen atoms in total. The first-order valence-electron chi connectivity index (χ1n) is 10.7. The van der Waals surface area contributed by atoms with E-state index in [4.69, 9.17) is 9.47 Å². The first-order chi connectivity index (χ1) is 15.4. The first kappa shape index (κ1) is 20.1. The molecule has 0 fully saturated rings. The lowest BCUT2D eigenvalue weighted by Gasteiger charge is -2.13. The Balaban J connectivity index is 1.44. The molecule has 0 spiro atoms. The molecule has 2 heterocycles. The van der Waals surface area contributed by atoms with Gasteiger partial charge < -0.3 is 14.0 Å². The maximum Gasteiger partial charge on any atom is 0.231 e. The number of carbonyl (C=O) groups is 1. The average Bonchev–Trinajstić information content (AvgIpc) is 3.28. The quantitative estimate of drug-likeness (QED) is 0.362. The summed E-state index contributed by atoms with van der Waals surface area (Å²) in [5.74, 6) is 1.55. The van der Waals surface area contributed by atoms with E-state index in [1.54, 1.807) is 6.07 Å². The van der Waals surface area contributed by atoms with E-state index < -0.39 is 0 Å². The van der Waals surface area contributed by atoms with Crippen LogP contribution in [0.4, 0.5) is 0 Å². The van der Waals surface area contributed by atoms with Gasteiger partial charge in [0.1, 0.15) is 18.1 Å². The SMILES string of the molecule is Cc1ccc(C)c(COc2ccc3c(c2C)OC(=Cc2cn(C)c4ccccc24)C3=O)c1. The number of nitrogens with zero attached hydrogens (tertiary/aromatic N) is 1. The molecule has 1 aromatic heterocycles. The topological polar surface area (TPSA) is 40.5 Å². The van der Waals surface area contributed by atoms with Crippen LogP contribution in [0.3, 0.4) is 0 Å². The van der Waals surface area contributed by atoms with Crippen LogP contribution < -0.4 is 9.47 Å². The van der Waals surface area contributed by atoms with E-state index >= 15 is 0 Å². The predicted octanol–water partition coefficient (Wildman–Crippen LogP) is 6.30. The normalized spacial score (nSPS) is 14.1. The Labute approximate surface area is 187 Å². The zero-order chi connectivity index (χ0) is 22.4. The summed E-state index contributed by atoms with van der Waals surface area (Å²) in [6.45, 7) is 6.57. The third-order valence-electron chi connectivity index (χ3n) is 6.14. The van der Waals surface area contributed by atoms with Crippen LogP contribution in [-0.4, -0.2) is 10.4 Å². The molecule has 0 N–H and O–H groups in total. The minimum atomic E-state index is -0.0999. The van der Waals surface area contributed by atoms with Crippen molar-refractivity contribution >= 4 is 22.8 Å². The van der Waals surface area contributed by atoms with Crippen LogP contribution in [0.15, 0.2) is 66.6 Å². The van der Waals surface area contributed by atoms with Gasteiger partial charge >= 0.3 is 0 Å². The average molecular weight is 424 g/mol.